The van der Waals surface area contributed by atoms with E-state index in [4.69, 9.17) is 9.47 Å². The lowest BCUT2D eigenvalue weighted by molar-refractivity contribution is -0.761. The van der Waals surface area contributed by atoms with Crippen LogP contribution in [0.15, 0.2) is 0 Å². The predicted molar refractivity (Wildman–Crippen MR) is 60.8 cm³/mol. The van der Waals surface area contributed by atoms with E-state index in [1.165, 1.54) is 0 Å². The van der Waals surface area contributed by atoms with Crippen molar-refractivity contribution < 1.29 is 19.4 Å². The van der Waals surface area contributed by atoms with Crippen LogP contribution in [0.1, 0.15) is 33.6 Å². The molecule has 1 aliphatic heterocycles. The minimum Gasteiger partial charge on any atom is -0.355 e. The average Bonchev–Trinajstić information content (AvgIpc) is 2.25. The SMILES string of the molecule is CC(C)(C)CCC1(CO[N+](=O)[O-])COCOC1. The molecule has 0 saturated carbocycles. The van der Waals surface area contributed by atoms with Crippen LogP contribution in [-0.2, 0) is 14.3 Å². The van der Waals surface area contributed by atoms with Crippen molar-refractivity contribution in [3.8, 4) is 0 Å². The van der Waals surface area contributed by atoms with E-state index >= 15 is 0 Å². The maximum Gasteiger partial charge on any atom is 0.294 e. The number of rotatable bonds is 5. The zero-order chi connectivity index (χ0) is 12.9. The molecule has 1 saturated heterocycles. The first-order valence-electron chi connectivity index (χ1n) is 5.76. The van der Waals surface area contributed by atoms with Crippen molar-refractivity contribution in [1.82, 2.24) is 0 Å². The highest BCUT2D eigenvalue weighted by atomic mass is 16.9. The average molecular weight is 247 g/mol. The molecule has 1 aliphatic rings. The summed E-state index contributed by atoms with van der Waals surface area (Å²) in [4.78, 5) is 14.8. The molecule has 1 fully saturated rings. The Kier molecular flexibility index (Phi) is 4.70. The van der Waals surface area contributed by atoms with Crippen LogP contribution < -0.4 is 0 Å². The van der Waals surface area contributed by atoms with Gasteiger partial charge in [-0.05, 0) is 18.3 Å². The molecule has 0 amide bonds. The Morgan fingerprint density at radius 2 is 1.94 bits per heavy atom. The van der Waals surface area contributed by atoms with Gasteiger partial charge in [0.15, 0.2) is 0 Å². The van der Waals surface area contributed by atoms with Gasteiger partial charge in [0.2, 0.25) is 0 Å². The van der Waals surface area contributed by atoms with Crippen molar-refractivity contribution in [2.45, 2.75) is 33.6 Å². The molecule has 0 aromatic heterocycles. The largest absolute Gasteiger partial charge is 0.355 e. The Bertz CT molecular complexity index is 255. The van der Waals surface area contributed by atoms with Crippen molar-refractivity contribution in [2.75, 3.05) is 26.6 Å². The summed E-state index contributed by atoms with van der Waals surface area (Å²) in [6.45, 7) is 7.62. The van der Waals surface area contributed by atoms with E-state index in [1.807, 2.05) is 0 Å². The lowest BCUT2D eigenvalue weighted by Crippen LogP contribution is -2.42. The molecule has 0 spiro atoms. The first kappa shape index (κ1) is 14.2. The van der Waals surface area contributed by atoms with Gasteiger partial charge in [-0.1, -0.05) is 20.8 Å². The van der Waals surface area contributed by atoms with Crippen molar-refractivity contribution >= 4 is 0 Å². The first-order valence-corrected chi connectivity index (χ1v) is 5.76. The van der Waals surface area contributed by atoms with E-state index in [9.17, 15) is 10.1 Å². The third-order valence-corrected chi connectivity index (χ3v) is 2.86. The Hall–Kier alpha value is -0.880. The molecule has 0 aromatic carbocycles. The van der Waals surface area contributed by atoms with E-state index < -0.39 is 10.5 Å². The lowest BCUT2D eigenvalue weighted by Gasteiger charge is -2.37. The molecule has 17 heavy (non-hydrogen) atoms. The summed E-state index contributed by atoms with van der Waals surface area (Å²) in [6, 6.07) is 0. The summed E-state index contributed by atoms with van der Waals surface area (Å²) < 4.78 is 10.5. The zero-order valence-electron chi connectivity index (χ0n) is 10.7. The monoisotopic (exact) mass is 247 g/mol. The molecule has 0 N–H and O–H groups in total. The molecule has 0 bridgehead atoms. The molecule has 1 rings (SSSR count). The van der Waals surface area contributed by atoms with Crippen LogP contribution in [0.25, 0.3) is 0 Å². The third kappa shape index (κ3) is 5.32. The molecular weight excluding hydrogens is 226 g/mol. The van der Waals surface area contributed by atoms with Gasteiger partial charge in [-0.15, -0.1) is 10.1 Å². The Balaban J connectivity index is 2.54. The van der Waals surface area contributed by atoms with Crippen LogP contribution in [-0.4, -0.2) is 31.7 Å². The van der Waals surface area contributed by atoms with Gasteiger partial charge in [-0.2, -0.15) is 0 Å². The molecule has 0 unspecified atom stereocenters. The maximum absolute atomic E-state index is 10.3. The van der Waals surface area contributed by atoms with Crippen LogP contribution in [0.5, 0.6) is 0 Å². The van der Waals surface area contributed by atoms with Gasteiger partial charge < -0.3 is 14.3 Å². The summed E-state index contributed by atoms with van der Waals surface area (Å²) in [5, 5.41) is 9.53. The Morgan fingerprint density at radius 1 is 1.35 bits per heavy atom. The normalized spacial score (nSPS) is 19.9. The number of hydrogen-bond donors (Lipinski definition) is 0. The molecule has 0 aromatic rings. The fourth-order valence-electron chi connectivity index (χ4n) is 1.75. The van der Waals surface area contributed by atoms with Gasteiger partial charge in [-0.3, -0.25) is 0 Å². The van der Waals surface area contributed by atoms with Crippen molar-refractivity contribution in [2.24, 2.45) is 10.8 Å². The molecule has 0 atom stereocenters. The van der Waals surface area contributed by atoms with E-state index in [-0.39, 0.29) is 18.8 Å². The standard InChI is InChI=1S/C11H21NO5/c1-10(2,3)4-5-11(8-17-12(13)14)6-15-9-16-7-11/h4-9H2,1-3H3. The minimum absolute atomic E-state index is 0.0378. The quantitative estimate of drug-likeness (QED) is 0.549. The van der Waals surface area contributed by atoms with Crippen LogP contribution in [0, 0.1) is 20.9 Å². The lowest BCUT2D eigenvalue weighted by atomic mass is 9.78. The number of nitrogens with zero attached hydrogens (tertiary/aromatic N) is 1. The van der Waals surface area contributed by atoms with Gasteiger partial charge >= 0.3 is 0 Å². The molecule has 100 valence electrons. The molecule has 0 aliphatic carbocycles. The summed E-state index contributed by atoms with van der Waals surface area (Å²) in [5.41, 5.74) is -0.211. The van der Waals surface area contributed by atoms with Gasteiger partial charge in [0.25, 0.3) is 5.09 Å². The zero-order valence-corrected chi connectivity index (χ0v) is 10.7. The second kappa shape index (κ2) is 5.64. The molecule has 1 heterocycles. The van der Waals surface area contributed by atoms with Crippen LogP contribution in [0.4, 0.5) is 0 Å². The van der Waals surface area contributed by atoms with Crippen LogP contribution in [0.2, 0.25) is 0 Å². The molecule has 0 radical (unpaired) electrons. The van der Waals surface area contributed by atoms with E-state index in [0.717, 1.165) is 12.8 Å². The van der Waals surface area contributed by atoms with E-state index in [1.54, 1.807) is 0 Å². The molecule has 6 heteroatoms. The van der Waals surface area contributed by atoms with E-state index in [2.05, 4.69) is 25.6 Å². The minimum atomic E-state index is -0.757. The van der Waals surface area contributed by atoms with Crippen molar-refractivity contribution in [1.29, 1.82) is 0 Å². The first-order chi connectivity index (χ1) is 7.83. The summed E-state index contributed by atoms with van der Waals surface area (Å²) in [5.74, 6) is 0. The Labute approximate surface area is 101 Å². The number of hydrogen-bond acceptors (Lipinski definition) is 5. The maximum atomic E-state index is 10.3. The predicted octanol–water partition coefficient (Wildman–Crippen LogP) is 2.01. The number of ether oxygens (including phenoxy) is 2. The fourth-order valence-corrected chi connectivity index (χ4v) is 1.75. The summed E-state index contributed by atoms with van der Waals surface area (Å²) in [7, 11) is 0. The molecular formula is C11H21NO5. The summed E-state index contributed by atoms with van der Waals surface area (Å²) in [6.07, 6.45) is 1.74. The third-order valence-electron chi connectivity index (χ3n) is 2.86. The highest BCUT2D eigenvalue weighted by Gasteiger charge is 2.36. The van der Waals surface area contributed by atoms with Crippen LogP contribution >= 0.6 is 0 Å². The van der Waals surface area contributed by atoms with Crippen LogP contribution in [0.3, 0.4) is 0 Å². The topological polar surface area (TPSA) is 70.8 Å². The van der Waals surface area contributed by atoms with Gasteiger partial charge in [0.05, 0.1) is 13.2 Å². The van der Waals surface area contributed by atoms with Gasteiger partial charge in [-0.25, -0.2) is 0 Å². The fraction of sp³-hybridized carbons (Fsp3) is 1.00. The second-order valence-electron chi connectivity index (χ2n) is 5.87. The highest BCUT2D eigenvalue weighted by molar-refractivity contribution is 4.82. The van der Waals surface area contributed by atoms with E-state index in [0.29, 0.717) is 13.2 Å². The highest BCUT2D eigenvalue weighted by Crippen LogP contribution is 2.33. The second-order valence-corrected chi connectivity index (χ2v) is 5.87. The smallest absolute Gasteiger partial charge is 0.294 e. The summed E-state index contributed by atoms with van der Waals surface area (Å²) >= 11 is 0. The van der Waals surface area contributed by atoms with Gasteiger partial charge in [0, 0.05) is 5.41 Å². The van der Waals surface area contributed by atoms with Gasteiger partial charge in [0.1, 0.15) is 13.4 Å². The molecule has 6 nitrogen and oxygen atoms in total. The van der Waals surface area contributed by atoms with Crippen molar-refractivity contribution in [3.63, 3.8) is 0 Å². The van der Waals surface area contributed by atoms with Crippen molar-refractivity contribution in [3.05, 3.63) is 10.1 Å². The Morgan fingerprint density at radius 3 is 2.41 bits per heavy atom.